The molecule has 0 saturated carbocycles. The first-order valence-electron chi connectivity index (χ1n) is 5.34. The fourth-order valence-electron chi connectivity index (χ4n) is 1.53. The molecule has 0 amide bonds. The van der Waals surface area contributed by atoms with Gasteiger partial charge in [-0.3, -0.25) is 4.68 Å². The molecule has 18 heavy (non-hydrogen) atoms. The molecule has 6 nitrogen and oxygen atoms in total. The van der Waals surface area contributed by atoms with Crippen LogP contribution in [0.25, 0.3) is 0 Å². The number of carbonyl (C=O) groups is 1. The number of hydrogen-bond acceptors (Lipinski definition) is 5. The number of nitrogens with one attached hydrogen (secondary N) is 1. The van der Waals surface area contributed by atoms with Crippen LogP contribution in [0.1, 0.15) is 10.4 Å². The highest BCUT2D eigenvalue weighted by Crippen LogP contribution is 2.23. The van der Waals surface area contributed by atoms with Crippen LogP contribution in [-0.2, 0) is 11.8 Å². The third-order valence-electron chi connectivity index (χ3n) is 2.45. The molecule has 6 heteroatoms. The van der Waals surface area contributed by atoms with E-state index in [1.807, 2.05) is 19.3 Å². The molecule has 0 atom stereocenters. The number of nitrogen functional groups attached to an aromatic ring is 1. The highest BCUT2D eigenvalue weighted by atomic mass is 16.5. The Bertz CT molecular complexity index is 577. The number of carbonyl (C=O) groups excluding carboxylic acids is 1. The summed E-state index contributed by atoms with van der Waals surface area (Å²) in [7, 11) is 3.16. The Morgan fingerprint density at radius 2 is 2.22 bits per heavy atom. The fourth-order valence-corrected chi connectivity index (χ4v) is 1.53. The fraction of sp³-hybridized carbons (Fsp3) is 0.167. The Morgan fingerprint density at radius 3 is 2.83 bits per heavy atom. The lowest BCUT2D eigenvalue weighted by molar-refractivity contribution is 0.0601. The van der Waals surface area contributed by atoms with Crippen molar-refractivity contribution in [2.75, 3.05) is 18.2 Å². The average Bonchev–Trinajstić information content (AvgIpc) is 2.76. The number of hydrogen-bond donors (Lipinski definition) is 2. The molecule has 0 aliphatic carbocycles. The summed E-state index contributed by atoms with van der Waals surface area (Å²) in [5, 5.41) is 7.22. The molecule has 1 aromatic carbocycles. The number of nitrogens with two attached hydrogens (primary N) is 1. The molecule has 3 N–H and O–H groups in total. The van der Waals surface area contributed by atoms with Crippen molar-refractivity contribution in [2.24, 2.45) is 7.05 Å². The Balaban J connectivity index is 2.29. The second-order valence-corrected chi connectivity index (χ2v) is 3.79. The third kappa shape index (κ3) is 2.42. The Labute approximate surface area is 104 Å². The van der Waals surface area contributed by atoms with Crippen LogP contribution in [0.4, 0.5) is 17.2 Å². The summed E-state index contributed by atoms with van der Waals surface area (Å²) in [4.78, 5) is 11.4. The first-order valence-corrected chi connectivity index (χ1v) is 5.34. The van der Waals surface area contributed by atoms with Crippen LogP contribution in [0, 0.1) is 0 Å². The zero-order chi connectivity index (χ0) is 13.1. The van der Waals surface area contributed by atoms with Gasteiger partial charge in [0.15, 0.2) is 5.82 Å². The number of methoxy groups -OCH3 is 1. The zero-order valence-electron chi connectivity index (χ0n) is 10.2. The van der Waals surface area contributed by atoms with Gasteiger partial charge in [0.25, 0.3) is 0 Å². The van der Waals surface area contributed by atoms with E-state index < -0.39 is 5.97 Å². The van der Waals surface area contributed by atoms with Crippen molar-refractivity contribution in [2.45, 2.75) is 0 Å². The maximum absolute atomic E-state index is 11.4. The quantitative estimate of drug-likeness (QED) is 0.634. The van der Waals surface area contributed by atoms with E-state index in [9.17, 15) is 4.79 Å². The van der Waals surface area contributed by atoms with E-state index >= 15 is 0 Å². The molecule has 0 bridgehead atoms. The van der Waals surface area contributed by atoms with E-state index in [2.05, 4.69) is 15.2 Å². The number of esters is 1. The number of aromatic nitrogens is 2. The van der Waals surface area contributed by atoms with Gasteiger partial charge in [0, 0.05) is 19.3 Å². The Morgan fingerprint density at radius 1 is 1.44 bits per heavy atom. The first-order chi connectivity index (χ1) is 8.60. The molecule has 0 unspecified atom stereocenters. The number of ether oxygens (including phenoxy) is 1. The number of anilines is 3. The van der Waals surface area contributed by atoms with Crippen molar-refractivity contribution in [1.29, 1.82) is 0 Å². The summed E-state index contributed by atoms with van der Waals surface area (Å²) in [5.74, 6) is 0.255. The second-order valence-electron chi connectivity index (χ2n) is 3.79. The maximum atomic E-state index is 11.4. The molecular weight excluding hydrogens is 232 g/mol. The van der Waals surface area contributed by atoms with Crippen LogP contribution in [0.15, 0.2) is 30.5 Å². The molecule has 0 spiro atoms. The van der Waals surface area contributed by atoms with Crippen molar-refractivity contribution in [3.63, 3.8) is 0 Å². The highest BCUT2D eigenvalue weighted by molar-refractivity contribution is 5.92. The minimum Gasteiger partial charge on any atom is -0.465 e. The molecule has 0 aliphatic heterocycles. The van der Waals surface area contributed by atoms with Crippen LogP contribution < -0.4 is 11.1 Å². The van der Waals surface area contributed by atoms with Gasteiger partial charge in [-0.15, -0.1) is 0 Å². The number of nitrogens with zero attached hydrogens (tertiary/aromatic N) is 2. The molecule has 0 radical (unpaired) electrons. The van der Waals surface area contributed by atoms with Crippen LogP contribution in [0.2, 0.25) is 0 Å². The van der Waals surface area contributed by atoms with Gasteiger partial charge in [0.2, 0.25) is 0 Å². The van der Waals surface area contributed by atoms with Gasteiger partial charge in [-0.05, 0) is 18.2 Å². The minimum absolute atomic E-state index is 0.404. The van der Waals surface area contributed by atoms with Gasteiger partial charge in [-0.2, -0.15) is 5.10 Å². The molecule has 94 valence electrons. The minimum atomic E-state index is -0.404. The molecular formula is C12H14N4O2. The predicted molar refractivity (Wildman–Crippen MR) is 68.7 cm³/mol. The lowest BCUT2D eigenvalue weighted by Gasteiger charge is -2.08. The molecule has 2 rings (SSSR count). The lowest BCUT2D eigenvalue weighted by atomic mass is 10.1. The largest absolute Gasteiger partial charge is 0.465 e. The normalized spacial score (nSPS) is 10.1. The van der Waals surface area contributed by atoms with E-state index in [0.29, 0.717) is 22.8 Å². The number of benzene rings is 1. The first kappa shape index (κ1) is 12.0. The molecule has 0 aliphatic rings. The predicted octanol–water partition coefficient (Wildman–Crippen LogP) is 1.53. The van der Waals surface area contributed by atoms with Gasteiger partial charge < -0.3 is 15.8 Å². The standard InChI is InChI=1S/C12H14N4O2/c1-16-6-5-11(15-16)14-10-7-8(12(17)18-2)3-4-9(10)13/h3-7H,13H2,1-2H3,(H,14,15). The highest BCUT2D eigenvalue weighted by Gasteiger charge is 2.09. The number of aryl methyl sites for hydroxylation is 1. The third-order valence-corrected chi connectivity index (χ3v) is 2.45. The van der Waals surface area contributed by atoms with Gasteiger partial charge in [-0.25, -0.2) is 4.79 Å². The van der Waals surface area contributed by atoms with Crippen molar-refractivity contribution < 1.29 is 9.53 Å². The molecule has 0 saturated heterocycles. The van der Waals surface area contributed by atoms with E-state index in [-0.39, 0.29) is 0 Å². The summed E-state index contributed by atoms with van der Waals surface area (Å²) < 4.78 is 6.33. The van der Waals surface area contributed by atoms with Crippen LogP contribution in [0.5, 0.6) is 0 Å². The molecule has 1 heterocycles. The summed E-state index contributed by atoms with van der Waals surface area (Å²) in [6.07, 6.45) is 1.81. The zero-order valence-corrected chi connectivity index (χ0v) is 10.2. The van der Waals surface area contributed by atoms with Crippen molar-refractivity contribution in [1.82, 2.24) is 9.78 Å². The molecule has 2 aromatic rings. The van der Waals surface area contributed by atoms with Crippen LogP contribution in [-0.4, -0.2) is 22.9 Å². The summed E-state index contributed by atoms with van der Waals surface area (Å²) >= 11 is 0. The van der Waals surface area contributed by atoms with Crippen LogP contribution >= 0.6 is 0 Å². The SMILES string of the molecule is COC(=O)c1ccc(N)c(Nc2ccn(C)n2)c1. The van der Waals surface area contributed by atoms with E-state index in [1.54, 1.807) is 22.9 Å². The van der Waals surface area contributed by atoms with Gasteiger partial charge in [0.1, 0.15) is 0 Å². The monoisotopic (exact) mass is 246 g/mol. The van der Waals surface area contributed by atoms with Gasteiger partial charge >= 0.3 is 5.97 Å². The van der Waals surface area contributed by atoms with Crippen molar-refractivity contribution in [3.8, 4) is 0 Å². The average molecular weight is 246 g/mol. The smallest absolute Gasteiger partial charge is 0.337 e. The lowest BCUT2D eigenvalue weighted by Crippen LogP contribution is -2.04. The van der Waals surface area contributed by atoms with E-state index in [4.69, 9.17) is 5.73 Å². The Kier molecular flexibility index (Phi) is 3.18. The van der Waals surface area contributed by atoms with Gasteiger partial charge in [0.05, 0.1) is 24.0 Å². The topological polar surface area (TPSA) is 82.2 Å². The summed E-state index contributed by atoms with van der Waals surface area (Å²) in [6, 6.07) is 6.71. The molecule has 0 fully saturated rings. The van der Waals surface area contributed by atoms with Crippen molar-refractivity contribution >= 4 is 23.2 Å². The summed E-state index contributed by atoms with van der Waals surface area (Å²) in [6.45, 7) is 0. The summed E-state index contributed by atoms with van der Waals surface area (Å²) in [5.41, 5.74) is 7.43. The van der Waals surface area contributed by atoms with E-state index in [0.717, 1.165) is 0 Å². The number of rotatable bonds is 3. The van der Waals surface area contributed by atoms with Crippen LogP contribution in [0.3, 0.4) is 0 Å². The van der Waals surface area contributed by atoms with Crippen molar-refractivity contribution in [3.05, 3.63) is 36.0 Å². The second kappa shape index (κ2) is 4.79. The maximum Gasteiger partial charge on any atom is 0.337 e. The molecule has 1 aromatic heterocycles. The van der Waals surface area contributed by atoms with E-state index in [1.165, 1.54) is 7.11 Å². The Hall–Kier alpha value is -2.50. The van der Waals surface area contributed by atoms with Gasteiger partial charge in [-0.1, -0.05) is 0 Å².